The van der Waals surface area contributed by atoms with Gasteiger partial charge in [0.15, 0.2) is 0 Å². The third-order valence-corrected chi connectivity index (χ3v) is 1.02. The molecule has 0 N–H and O–H groups in total. The van der Waals surface area contributed by atoms with E-state index in [0.717, 1.165) is 0 Å². The lowest BCUT2D eigenvalue weighted by atomic mass is 10.2. The lowest BCUT2D eigenvalue weighted by molar-refractivity contribution is -0.0130. The summed E-state index contributed by atoms with van der Waals surface area (Å²) in [5.74, 6) is 0. The molecule has 0 rings (SSSR count). The van der Waals surface area contributed by atoms with Gasteiger partial charge in [0.25, 0.3) is 0 Å². The normalized spacial score (nSPS) is 12.0. The molecule has 0 atom stereocenters. The van der Waals surface area contributed by atoms with Crippen LogP contribution in [0.3, 0.4) is 0 Å². The van der Waals surface area contributed by atoms with Crippen molar-refractivity contribution in [2.45, 2.75) is 26.4 Å². The molecule has 0 aliphatic carbocycles. The Hall–Kier alpha value is 0.400. The van der Waals surface area contributed by atoms with Crippen LogP contribution in [0.1, 0.15) is 20.8 Å². The summed E-state index contributed by atoms with van der Waals surface area (Å²) in [5, 5.41) is 0. The molecule has 2 nitrogen and oxygen atoms in total. The summed E-state index contributed by atoms with van der Waals surface area (Å²) in [5.41, 5.74) is -0.0501. The fourth-order valence-corrected chi connectivity index (χ4v) is 0.512. The van der Waals surface area contributed by atoms with Gasteiger partial charge < -0.3 is 8.57 Å². The molecule has 0 unspecified atom stereocenters. The van der Waals surface area contributed by atoms with Crippen LogP contribution in [0.25, 0.3) is 0 Å². The van der Waals surface area contributed by atoms with Gasteiger partial charge in [-0.05, 0) is 20.8 Å². The van der Waals surface area contributed by atoms with Crippen molar-refractivity contribution in [3.05, 3.63) is 0 Å². The Morgan fingerprint density at radius 1 is 1.22 bits per heavy atom. The number of hydrogen-bond donors (Lipinski definition) is 0. The second-order valence-corrected chi connectivity index (χ2v) is 3.23. The molecule has 0 aliphatic heterocycles. The molecule has 0 saturated carbocycles. The van der Waals surface area contributed by atoms with Gasteiger partial charge in [0.1, 0.15) is 0 Å². The molecule has 56 valence electrons. The van der Waals surface area contributed by atoms with Crippen molar-refractivity contribution in [1.29, 1.82) is 0 Å². The topological polar surface area (TPSA) is 18.5 Å². The van der Waals surface area contributed by atoms with Gasteiger partial charge in [-0.3, -0.25) is 0 Å². The van der Waals surface area contributed by atoms with Crippen molar-refractivity contribution >= 4 is 16.3 Å². The first-order valence-corrected chi connectivity index (χ1v) is 3.58. The Morgan fingerprint density at radius 3 is 2.11 bits per heavy atom. The second-order valence-electron chi connectivity index (χ2n) is 2.77. The summed E-state index contributed by atoms with van der Waals surface area (Å²) in [6.07, 6.45) is 0. The molecule has 0 amide bonds. The van der Waals surface area contributed by atoms with Crippen LogP contribution in [-0.4, -0.2) is 18.8 Å². The summed E-state index contributed by atoms with van der Waals surface area (Å²) in [4.78, 5) is 0. The van der Waals surface area contributed by atoms with Gasteiger partial charge in [0, 0.05) is 0 Å². The number of ether oxygens (including phenoxy) is 1. The highest BCUT2D eigenvalue weighted by Crippen LogP contribution is 2.05. The van der Waals surface area contributed by atoms with Crippen molar-refractivity contribution < 1.29 is 8.57 Å². The lowest BCUT2D eigenvalue weighted by Crippen LogP contribution is -2.21. The fourth-order valence-electron chi connectivity index (χ4n) is 0.379. The van der Waals surface area contributed by atoms with Crippen molar-refractivity contribution in [3.63, 3.8) is 0 Å². The molecule has 0 heterocycles. The maximum Gasteiger partial charge on any atom is 0.0988 e. The standard InChI is InChI=1S/C6H13BrO2/c1-6(2,3)8-4-5-9-7/h4-5H2,1-3H3. The molecule has 0 aromatic rings. The largest absolute Gasteiger partial charge is 0.373 e. The van der Waals surface area contributed by atoms with Crippen LogP contribution in [0.4, 0.5) is 0 Å². The molecule has 0 bridgehead atoms. The smallest absolute Gasteiger partial charge is 0.0988 e. The van der Waals surface area contributed by atoms with Gasteiger partial charge in [-0.15, -0.1) is 0 Å². The molecular weight excluding hydrogens is 184 g/mol. The Balaban J connectivity index is 3.07. The molecule has 0 spiro atoms. The average Bonchev–Trinajstić information content (AvgIpc) is 1.63. The SMILES string of the molecule is CC(C)(C)OCCOBr. The van der Waals surface area contributed by atoms with E-state index in [-0.39, 0.29) is 5.60 Å². The molecule has 0 radical (unpaired) electrons. The van der Waals surface area contributed by atoms with E-state index in [2.05, 4.69) is 20.1 Å². The van der Waals surface area contributed by atoms with Crippen LogP contribution in [0.15, 0.2) is 0 Å². The van der Waals surface area contributed by atoms with E-state index in [1.807, 2.05) is 20.8 Å². The third kappa shape index (κ3) is 8.40. The summed E-state index contributed by atoms with van der Waals surface area (Å²) in [6.45, 7) is 7.27. The van der Waals surface area contributed by atoms with Crippen LogP contribution < -0.4 is 0 Å². The van der Waals surface area contributed by atoms with Crippen molar-refractivity contribution in [2.24, 2.45) is 0 Å². The highest BCUT2D eigenvalue weighted by atomic mass is 79.9. The first kappa shape index (κ1) is 9.40. The zero-order chi connectivity index (χ0) is 7.33. The first-order valence-electron chi connectivity index (χ1n) is 2.94. The van der Waals surface area contributed by atoms with Crippen LogP contribution >= 0.6 is 16.3 Å². The third-order valence-electron chi connectivity index (χ3n) is 0.696. The fraction of sp³-hybridized carbons (Fsp3) is 1.00. The van der Waals surface area contributed by atoms with E-state index in [1.54, 1.807) is 0 Å². The maximum atomic E-state index is 5.31. The predicted octanol–water partition coefficient (Wildman–Crippen LogP) is 2.13. The predicted molar refractivity (Wildman–Crippen MR) is 40.6 cm³/mol. The van der Waals surface area contributed by atoms with E-state index < -0.39 is 0 Å². The van der Waals surface area contributed by atoms with Crippen molar-refractivity contribution in [1.82, 2.24) is 0 Å². The molecule has 0 aliphatic rings. The monoisotopic (exact) mass is 196 g/mol. The van der Waals surface area contributed by atoms with Gasteiger partial charge >= 0.3 is 0 Å². The Labute approximate surface area is 65.0 Å². The van der Waals surface area contributed by atoms with Gasteiger partial charge in [-0.1, -0.05) is 0 Å². The molecule has 3 heteroatoms. The molecule has 9 heavy (non-hydrogen) atoms. The highest BCUT2D eigenvalue weighted by Gasteiger charge is 2.08. The van der Waals surface area contributed by atoms with E-state index in [0.29, 0.717) is 13.2 Å². The molecule has 0 saturated heterocycles. The van der Waals surface area contributed by atoms with Gasteiger partial charge in [-0.2, -0.15) is 0 Å². The zero-order valence-electron chi connectivity index (χ0n) is 6.11. The lowest BCUT2D eigenvalue weighted by Gasteiger charge is -2.18. The first-order chi connectivity index (χ1) is 4.06. The minimum atomic E-state index is -0.0501. The second kappa shape index (κ2) is 4.25. The van der Waals surface area contributed by atoms with E-state index in [9.17, 15) is 0 Å². The number of rotatable bonds is 3. The zero-order valence-corrected chi connectivity index (χ0v) is 7.69. The summed E-state index contributed by atoms with van der Waals surface area (Å²) in [7, 11) is 0. The quantitative estimate of drug-likeness (QED) is 0.645. The summed E-state index contributed by atoms with van der Waals surface area (Å²) in [6, 6.07) is 0. The van der Waals surface area contributed by atoms with Crippen LogP contribution in [0, 0.1) is 0 Å². The minimum absolute atomic E-state index is 0.0501. The van der Waals surface area contributed by atoms with E-state index in [4.69, 9.17) is 4.74 Å². The van der Waals surface area contributed by atoms with Crippen LogP contribution in [0.2, 0.25) is 0 Å². The molecule has 0 aromatic heterocycles. The highest BCUT2D eigenvalue weighted by molar-refractivity contribution is 9.06. The number of hydrogen-bond acceptors (Lipinski definition) is 2. The van der Waals surface area contributed by atoms with Gasteiger partial charge in [-0.25, -0.2) is 0 Å². The van der Waals surface area contributed by atoms with Crippen molar-refractivity contribution in [3.8, 4) is 0 Å². The number of halogens is 1. The Kier molecular flexibility index (Phi) is 4.44. The Bertz CT molecular complexity index is 67.9. The van der Waals surface area contributed by atoms with E-state index >= 15 is 0 Å². The van der Waals surface area contributed by atoms with Gasteiger partial charge in [0.05, 0.1) is 35.1 Å². The van der Waals surface area contributed by atoms with Crippen LogP contribution in [-0.2, 0) is 8.57 Å². The molecule has 0 fully saturated rings. The van der Waals surface area contributed by atoms with Crippen LogP contribution in [0.5, 0.6) is 0 Å². The molecular formula is C6H13BrO2. The minimum Gasteiger partial charge on any atom is -0.373 e. The average molecular weight is 197 g/mol. The summed E-state index contributed by atoms with van der Waals surface area (Å²) >= 11 is 2.84. The van der Waals surface area contributed by atoms with E-state index in [1.165, 1.54) is 0 Å². The van der Waals surface area contributed by atoms with Crippen molar-refractivity contribution in [2.75, 3.05) is 13.2 Å². The summed E-state index contributed by atoms with van der Waals surface area (Å²) < 4.78 is 9.94. The maximum absolute atomic E-state index is 5.31. The van der Waals surface area contributed by atoms with Gasteiger partial charge in [0.2, 0.25) is 0 Å². The molecule has 0 aromatic carbocycles. The Morgan fingerprint density at radius 2 is 1.78 bits per heavy atom.